The summed E-state index contributed by atoms with van der Waals surface area (Å²) < 4.78 is 2.19. The minimum atomic E-state index is -0.372. The maximum Gasteiger partial charge on any atom is 0.283 e. The first-order valence-electron chi connectivity index (χ1n) is 11.8. The van der Waals surface area contributed by atoms with E-state index >= 15 is 0 Å². The number of aromatic nitrogens is 1. The minimum absolute atomic E-state index is 0.105. The van der Waals surface area contributed by atoms with Crippen LogP contribution in [-0.4, -0.2) is 31.5 Å². The zero-order valence-electron chi connectivity index (χ0n) is 18.8. The zero-order valence-corrected chi connectivity index (χ0v) is 19.6. The van der Waals surface area contributed by atoms with Crippen LogP contribution in [0.25, 0.3) is 17.0 Å². The number of fused-ring (bicyclic) bond motifs is 2. The number of hydrazone groups is 1. The summed E-state index contributed by atoms with van der Waals surface area (Å²) >= 11 is 1.46. The Morgan fingerprint density at radius 3 is 2.62 bits per heavy atom. The van der Waals surface area contributed by atoms with Crippen molar-refractivity contribution in [2.75, 3.05) is 0 Å². The van der Waals surface area contributed by atoms with E-state index in [-0.39, 0.29) is 17.3 Å². The highest BCUT2D eigenvalue weighted by molar-refractivity contribution is 8.27. The third-order valence-electron chi connectivity index (χ3n) is 6.74. The highest BCUT2D eigenvalue weighted by Gasteiger charge is 2.38. The number of carbonyl (C=O) groups excluding carboxylic acids is 1. The molecule has 1 aromatic heterocycles. The first kappa shape index (κ1) is 21.1. The van der Waals surface area contributed by atoms with Gasteiger partial charge in [0.25, 0.3) is 5.91 Å². The molecule has 7 heteroatoms. The summed E-state index contributed by atoms with van der Waals surface area (Å²) in [6.45, 7) is 0.732. The number of rotatable bonds is 4. The molecule has 34 heavy (non-hydrogen) atoms. The fourth-order valence-corrected chi connectivity index (χ4v) is 6.04. The number of thioether (sulfide) groups is 1. The van der Waals surface area contributed by atoms with Gasteiger partial charge in [0.1, 0.15) is 5.04 Å². The van der Waals surface area contributed by atoms with E-state index in [2.05, 4.69) is 40.0 Å². The lowest BCUT2D eigenvalue weighted by molar-refractivity contribution is -0.114. The number of amidine groups is 2. The molecule has 6 rings (SSSR count). The number of carbonyl (C=O) groups is 1. The van der Waals surface area contributed by atoms with Crippen LogP contribution >= 0.6 is 11.8 Å². The van der Waals surface area contributed by atoms with Gasteiger partial charge >= 0.3 is 0 Å². The Labute approximate surface area is 202 Å². The average molecular weight is 468 g/mol. The molecule has 2 aromatic carbocycles. The summed E-state index contributed by atoms with van der Waals surface area (Å²) in [5.74, 6) is 0.148. The van der Waals surface area contributed by atoms with Crippen LogP contribution in [0.4, 0.5) is 0 Å². The lowest BCUT2D eigenvalue weighted by atomic mass is 9.90. The van der Waals surface area contributed by atoms with E-state index < -0.39 is 0 Å². The van der Waals surface area contributed by atoms with E-state index in [1.165, 1.54) is 36.6 Å². The van der Waals surface area contributed by atoms with Crippen LogP contribution in [0.2, 0.25) is 0 Å². The van der Waals surface area contributed by atoms with Gasteiger partial charge in [-0.25, -0.2) is 0 Å². The number of hydrogen-bond donors (Lipinski definition) is 1. The lowest BCUT2D eigenvalue weighted by Gasteiger charge is -2.20. The van der Waals surface area contributed by atoms with Gasteiger partial charge in [-0.15, -0.1) is 0 Å². The van der Waals surface area contributed by atoms with E-state index in [0.29, 0.717) is 11.1 Å². The predicted octanol–water partition coefficient (Wildman–Crippen LogP) is 5.89. The third-order valence-corrected chi connectivity index (χ3v) is 7.81. The van der Waals surface area contributed by atoms with Gasteiger partial charge in [0.2, 0.25) is 5.17 Å². The molecular formula is C27H25N5OS. The summed E-state index contributed by atoms with van der Waals surface area (Å²) in [6, 6.07) is 18.5. The Morgan fingerprint density at radius 1 is 1.03 bits per heavy atom. The molecule has 3 heterocycles. The Hall–Kier alpha value is -3.45. The minimum Gasteiger partial charge on any atom is -0.342 e. The maximum absolute atomic E-state index is 13.0. The van der Waals surface area contributed by atoms with Gasteiger partial charge in [-0.3, -0.25) is 10.2 Å². The van der Waals surface area contributed by atoms with Crippen LogP contribution in [0.3, 0.4) is 0 Å². The Kier molecular flexibility index (Phi) is 5.41. The summed E-state index contributed by atoms with van der Waals surface area (Å²) in [4.78, 5) is 17.3. The molecule has 0 radical (unpaired) electrons. The van der Waals surface area contributed by atoms with Gasteiger partial charge in [0, 0.05) is 35.1 Å². The highest BCUT2D eigenvalue weighted by atomic mass is 32.2. The Bertz CT molecular complexity index is 1380. The fraction of sp³-hybridized carbons (Fsp3) is 0.259. The molecule has 6 nitrogen and oxygen atoms in total. The summed E-state index contributed by atoms with van der Waals surface area (Å²) in [5, 5.41) is 17.6. The van der Waals surface area contributed by atoms with Crippen molar-refractivity contribution >= 4 is 50.7 Å². The quantitative estimate of drug-likeness (QED) is 0.486. The SMILES string of the molecule is N=C1/C(=C/c2cn(Cc3ccccc3)c3ccccc23)C(=O)N=C2SC(C3CCCCC3)=NN12. The molecule has 170 valence electrons. The molecule has 1 aliphatic carbocycles. The van der Waals surface area contributed by atoms with Gasteiger partial charge in [-0.05, 0) is 42.3 Å². The average Bonchev–Trinajstić information content (AvgIpc) is 3.45. The number of para-hydroxylation sites is 1. The Balaban J connectivity index is 1.35. The van der Waals surface area contributed by atoms with Crippen molar-refractivity contribution in [1.29, 1.82) is 5.41 Å². The number of benzene rings is 2. The van der Waals surface area contributed by atoms with E-state index in [1.807, 2.05) is 30.3 Å². The third kappa shape index (κ3) is 3.80. The Morgan fingerprint density at radius 2 is 1.79 bits per heavy atom. The molecule has 1 amide bonds. The summed E-state index contributed by atoms with van der Waals surface area (Å²) in [7, 11) is 0. The molecule has 0 spiro atoms. The van der Waals surface area contributed by atoms with Crippen LogP contribution in [0.5, 0.6) is 0 Å². The van der Waals surface area contributed by atoms with Crippen LogP contribution in [-0.2, 0) is 11.3 Å². The van der Waals surface area contributed by atoms with Crippen molar-refractivity contribution in [2.45, 2.75) is 38.6 Å². The molecule has 0 bridgehead atoms. The number of nitrogens with one attached hydrogen (secondary N) is 1. The molecule has 3 aliphatic rings. The van der Waals surface area contributed by atoms with E-state index in [0.717, 1.165) is 40.9 Å². The summed E-state index contributed by atoms with van der Waals surface area (Å²) in [5.41, 5.74) is 3.48. The standard InChI is InChI=1S/C27H25N5OS/c28-24-22(25(33)29-27-32(24)30-26(34-27)19-11-5-2-6-12-19)15-20-17-31(16-18-9-3-1-4-10-18)23-14-8-7-13-21(20)23/h1,3-4,7-10,13-15,17,19,28H,2,5-6,11-12,16H2/b22-15-,28-24?. The first-order valence-corrected chi connectivity index (χ1v) is 12.6. The zero-order chi connectivity index (χ0) is 23.1. The van der Waals surface area contributed by atoms with Gasteiger partial charge in [-0.2, -0.15) is 15.1 Å². The van der Waals surface area contributed by atoms with Crippen molar-refractivity contribution < 1.29 is 4.79 Å². The summed E-state index contributed by atoms with van der Waals surface area (Å²) in [6.07, 6.45) is 9.80. The van der Waals surface area contributed by atoms with Crippen molar-refractivity contribution in [3.63, 3.8) is 0 Å². The number of nitrogens with zero attached hydrogens (tertiary/aromatic N) is 4. The molecule has 2 aliphatic heterocycles. The van der Waals surface area contributed by atoms with Crippen molar-refractivity contribution in [3.05, 3.63) is 77.5 Å². The van der Waals surface area contributed by atoms with E-state index in [4.69, 9.17) is 10.5 Å². The largest absolute Gasteiger partial charge is 0.342 e. The molecule has 1 N–H and O–H groups in total. The monoisotopic (exact) mass is 467 g/mol. The predicted molar refractivity (Wildman–Crippen MR) is 139 cm³/mol. The van der Waals surface area contributed by atoms with Gasteiger partial charge < -0.3 is 4.57 Å². The lowest BCUT2D eigenvalue weighted by Crippen LogP contribution is -2.35. The van der Waals surface area contributed by atoms with Crippen molar-refractivity contribution in [1.82, 2.24) is 9.58 Å². The van der Waals surface area contributed by atoms with Gasteiger partial charge in [0.15, 0.2) is 5.84 Å². The second-order valence-electron chi connectivity index (χ2n) is 9.01. The number of aliphatic imine (C=N–C) groups is 1. The first-order chi connectivity index (χ1) is 16.7. The molecule has 0 atom stereocenters. The number of amides is 1. The topological polar surface area (TPSA) is 73.8 Å². The number of hydrogen-bond acceptors (Lipinski definition) is 4. The molecule has 0 unspecified atom stereocenters. The van der Waals surface area contributed by atoms with Crippen LogP contribution < -0.4 is 0 Å². The fourth-order valence-electron chi connectivity index (χ4n) is 4.98. The van der Waals surface area contributed by atoms with Crippen LogP contribution in [0, 0.1) is 11.3 Å². The van der Waals surface area contributed by atoms with E-state index in [9.17, 15) is 4.79 Å². The highest BCUT2D eigenvalue weighted by Crippen LogP contribution is 2.36. The van der Waals surface area contributed by atoms with Crippen LogP contribution in [0.1, 0.15) is 43.2 Å². The van der Waals surface area contributed by atoms with Gasteiger partial charge in [0.05, 0.1) is 5.57 Å². The molecule has 1 fully saturated rings. The second-order valence-corrected chi connectivity index (χ2v) is 10.00. The van der Waals surface area contributed by atoms with Crippen LogP contribution in [0.15, 0.2) is 76.5 Å². The van der Waals surface area contributed by atoms with E-state index in [1.54, 1.807) is 11.1 Å². The maximum atomic E-state index is 13.0. The molecule has 3 aromatic rings. The molecule has 0 saturated heterocycles. The van der Waals surface area contributed by atoms with Gasteiger partial charge in [-0.1, -0.05) is 67.8 Å². The second kappa shape index (κ2) is 8.72. The smallest absolute Gasteiger partial charge is 0.283 e. The molecular weight excluding hydrogens is 442 g/mol. The van der Waals surface area contributed by atoms with Crippen molar-refractivity contribution in [2.24, 2.45) is 16.0 Å². The van der Waals surface area contributed by atoms with Crippen molar-refractivity contribution in [3.8, 4) is 0 Å². The molecule has 1 saturated carbocycles. The normalized spacial score (nSPS) is 20.1.